The lowest BCUT2D eigenvalue weighted by Gasteiger charge is -2.27. The zero-order valence-corrected chi connectivity index (χ0v) is 15.1. The average Bonchev–Trinajstić information content (AvgIpc) is 2.85. The Morgan fingerprint density at radius 2 is 1.74 bits per heavy atom. The molecule has 0 bridgehead atoms. The minimum atomic E-state index is -1.51. The molecule has 0 amide bonds. The Balaban J connectivity index is 2.06. The fraction of sp³-hybridized carbons (Fsp3) is 0.294. The van der Waals surface area contributed by atoms with Gasteiger partial charge in [-0.2, -0.15) is 4.31 Å². The minimum Gasteiger partial charge on any atom is -0.268 e. The predicted octanol–water partition coefficient (Wildman–Crippen LogP) is 5.10. The molecule has 3 atom stereocenters. The molecule has 1 aliphatic rings. The number of benzene rings is 2. The van der Waals surface area contributed by atoms with Crippen LogP contribution in [-0.2, 0) is 15.4 Å². The Kier molecular flexibility index (Phi) is 5.09. The Labute approximate surface area is 149 Å². The van der Waals surface area contributed by atoms with Gasteiger partial charge in [0.05, 0.1) is 6.04 Å². The van der Waals surface area contributed by atoms with E-state index in [1.165, 1.54) is 0 Å². The summed E-state index contributed by atoms with van der Waals surface area (Å²) >= 11 is 10.6. The smallest absolute Gasteiger partial charge is 0.238 e. The molecule has 1 unspecified atom stereocenters. The van der Waals surface area contributed by atoms with Gasteiger partial charge in [-0.25, -0.2) is 4.21 Å². The van der Waals surface area contributed by atoms with Crippen molar-refractivity contribution in [2.75, 3.05) is 0 Å². The molecule has 0 saturated carbocycles. The van der Waals surface area contributed by atoms with E-state index in [4.69, 9.17) is 27.4 Å². The van der Waals surface area contributed by atoms with Gasteiger partial charge in [0, 0.05) is 16.1 Å². The Morgan fingerprint density at radius 1 is 1.04 bits per heavy atom. The number of hydrogen-bond acceptors (Lipinski definition) is 2. The maximum atomic E-state index is 12.5. The van der Waals surface area contributed by atoms with E-state index in [0.717, 1.165) is 11.1 Å². The van der Waals surface area contributed by atoms with Crippen LogP contribution < -0.4 is 0 Å². The van der Waals surface area contributed by atoms with Crippen molar-refractivity contribution in [2.45, 2.75) is 32.0 Å². The molecule has 0 N–H and O–H groups in total. The Morgan fingerprint density at radius 3 is 2.35 bits per heavy atom. The quantitative estimate of drug-likeness (QED) is 0.753. The zero-order chi connectivity index (χ0) is 16.6. The maximum Gasteiger partial charge on any atom is 0.238 e. The minimum absolute atomic E-state index is 0.0701. The standard InChI is InChI=1S/C17H17Cl2NO2S/c1-11(2)20-16(12-6-8-14(18)9-7-12)17(22-23(20)21)13-4-3-5-15(19)10-13/h3-11,16-17H,1-2H3/t16-,17-,23?/m1/s1. The molecule has 122 valence electrons. The van der Waals surface area contributed by atoms with Crippen molar-refractivity contribution in [3.05, 3.63) is 69.7 Å². The first kappa shape index (κ1) is 16.9. The van der Waals surface area contributed by atoms with Gasteiger partial charge in [0.15, 0.2) is 0 Å². The van der Waals surface area contributed by atoms with Crippen LogP contribution in [0, 0.1) is 0 Å². The van der Waals surface area contributed by atoms with Crippen molar-refractivity contribution < 1.29 is 8.39 Å². The number of halogens is 2. The summed E-state index contributed by atoms with van der Waals surface area (Å²) < 4.78 is 20.1. The van der Waals surface area contributed by atoms with Gasteiger partial charge in [0.2, 0.25) is 11.3 Å². The third-order valence-electron chi connectivity index (χ3n) is 3.82. The van der Waals surface area contributed by atoms with E-state index in [0.29, 0.717) is 10.0 Å². The molecular formula is C17H17Cl2NO2S. The molecule has 0 aliphatic carbocycles. The second kappa shape index (κ2) is 6.91. The van der Waals surface area contributed by atoms with E-state index in [-0.39, 0.29) is 18.2 Å². The number of hydrogen-bond donors (Lipinski definition) is 0. The summed E-state index contributed by atoms with van der Waals surface area (Å²) in [6.07, 6.45) is -0.349. The highest BCUT2D eigenvalue weighted by Crippen LogP contribution is 2.45. The molecule has 6 heteroatoms. The van der Waals surface area contributed by atoms with Gasteiger partial charge in [-0.05, 0) is 49.2 Å². The third kappa shape index (κ3) is 3.47. The first-order valence-electron chi connectivity index (χ1n) is 7.35. The second-order valence-electron chi connectivity index (χ2n) is 5.74. The van der Waals surface area contributed by atoms with Crippen LogP contribution in [0.25, 0.3) is 0 Å². The third-order valence-corrected chi connectivity index (χ3v) is 5.67. The Bertz CT molecular complexity index is 721. The SMILES string of the molecule is CC(C)N1[C@H](c2ccc(Cl)cc2)[C@@H](c2cccc(Cl)c2)OS1=O. The van der Waals surface area contributed by atoms with Crippen molar-refractivity contribution in [1.29, 1.82) is 0 Å². The fourth-order valence-corrected chi connectivity index (χ4v) is 4.39. The van der Waals surface area contributed by atoms with Crippen molar-refractivity contribution in [1.82, 2.24) is 4.31 Å². The number of rotatable bonds is 3. The first-order valence-corrected chi connectivity index (χ1v) is 9.14. The van der Waals surface area contributed by atoms with Crippen LogP contribution in [-0.4, -0.2) is 14.6 Å². The van der Waals surface area contributed by atoms with Crippen LogP contribution in [0.2, 0.25) is 10.0 Å². The van der Waals surface area contributed by atoms with Crippen LogP contribution >= 0.6 is 23.2 Å². The van der Waals surface area contributed by atoms with Gasteiger partial charge < -0.3 is 0 Å². The van der Waals surface area contributed by atoms with Crippen LogP contribution in [0.3, 0.4) is 0 Å². The molecule has 0 spiro atoms. The molecule has 1 saturated heterocycles. The van der Waals surface area contributed by atoms with Gasteiger partial charge >= 0.3 is 0 Å². The van der Waals surface area contributed by atoms with E-state index < -0.39 is 11.3 Å². The summed E-state index contributed by atoms with van der Waals surface area (Å²) in [5.74, 6) is 0. The molecule has 1 heterocycles. The monoisotopic (exact) mass is 369 g/mol. The lowest BCUT2D eigenvalue weighted by atomic mass is 9.95. The van der Waals surface area contributed by atoms with Crippen LogP contribution in [0.4, 0.5) is 0 Å². The highest BCUT2D eigenvalue weighted by molar-refractivity contribution is 7.78. The summed E-state index contributed by atoms with van der Waals surface area (Å²) in [6, 6.07) is 15.0. The molecule has 23 heavy (non-hydrogen) atoms. The second-order valence-corrected chi connectivity index (χ2v) is 7.66. The predicted molar refractivity (Wildman–Crippen MR) is 94.6 cm³/mol. The van der Waals surface area contributed by atoms with E-state index in [2.05, 4.69) is 0 Å². The molecular weight excluding hydrogens is 353 g/mol. The lowest BCUT2D eigenvalue weighted by molar-refractivity contribution is 0.189. The molecule has 2 aromatic rings. The van der Waals surface area contributed by atoms with Gasteiger partial charge in [-0.3, -0.25) is 4.18 Å². The number of nitrogens with zero attached hydrogens (tertiary/aromatic N) is 1. The summed E-state index contributed by atoms with van der Waals surface area (Å²) in [5.41, 5.74) is 1.92. The van der Waals surface area contributed by atoms with Gasteiger partial charge in [-0.1, -0.05) is 47.5 Å². The molecule has 1 aliphatic heterocycles. The molecule has 0 radical (unpaired) electrons. The van der Waals surface area contributed by atoms with E-state index in [1.54, 1.807) is 0 Å². The molecule has 3 nitrogen and oxygen atoms in total. The topological polar surface area (TPSA) is 29.5 Å². The molecule has 1 fully saturated rings. The van der Waals surface area contributed by atoms with Crippen LogP contribution in [0.5, 0.6) is 0 Å². The lowest BCUT2D eigenvalue weighted by Crippen LogP contribution is -2.32. The van der Waals surface area contributed by atoms with Gasteiger partial charge in [-0.15, -0.1) is 0 Å². The summed E-state index contributed by atoms with van der Waals surface area (Å²) in [5, 5.41) is 1.30. The average molecular weight is 370 g/mol. The maximum absolute atomic E-state index is 12.5. The van der Waals surface area contributed by atoms with Crippen molar-refractivity contribution in [2.24, 2.45) is 0 Å². The highest BCUT2D eigenvalue weighted by atomic mass is 35.5. The fourth-order valence-electron chi connectivity index (χ4n) is 2.81. The normalized spacial score (nSPS) is 25.2. The summed E-state index contributed by atoms with van der Waals surface area (Å²) in [7, 11) is 0. The molecule has 2 aromatic carbocycles. The van der Waals surface area contributed by atoms with Crippen LogP contribution in [0.1, 0.15) is 37.1 Å². The summed E-state index contributed by atoms with van der Waals surface area (Å²) in [6.45, 7) is 4.01. The van der Waals surface area contributed by atoms with E-state index in [1.807, 2.05) is 66.7 Å². The van der Waals surface area contributed by atoms with Crippen molar-refractivity contribution in [3.8, 4) is 0 Å². The van der Waals surface area contributed by atoms with Crippen molar-refractivity contribution in [3.63, 3.8) is 0 Å². The largest absolute Gasteiger partial charge is 0.268 e. The van der Waals surface area contributed by atoms with Crippen LogP contribution in [0.15, 0.2) is 48.5 Å². The molecule has 0 aromatic heterocycles. The first-order chi connectivity index (χ1) is 11.0. The highest BCUT2D eigenvalue weighted by Gasteiger charge is 2.44. The molecule has 3 rings (SSSR count). The Hall–Kier alpha value is -0.910. The van der Waals surface area contributed by atoms with E-state index >= 15 is 0 Å². The van der Waals surface area contributed by atoms with E-state index in [9.17, 15) is 4.21 Å². The van der Waals surface area contributed by atoms with Crippen molar-refractivity contribution >= 4 is 34.5 Å². The zero-order valence-electron chi connectivity index (χ0n) is 12.8. The summed E-state index contributed by atoms with van der Waals surface area (Å²) in [4.78, 5) is 0. The van der Waals surface area contributed by atoms with Gasteiger partial charge in [0.1, 0.15) is 6.10 Å². The van der Waals surface area contributed by atoms with Gasteiger partial charge in [0.25, 0.3) is 0 Å².